The van der Waals surface area contributed by atoms with E-state index in [0.29, 0.717) is 35.8 Å². The van der Waals surface area contributed by atoms with Crippen molar-refractivity contribution in [2.75, 3.05) is 11.9 Å². The van der Waals surface area contributed by atoms with Gasteiger partial charge in [0, 0.05) is 10.5 Å². The van der Waals surface area contributed by atoms with Crippen LogP contribution in [0.4, 0.5) is 5.00 Å². The van der Waals surface area contributed by atoms with Crippen LogP contribution >= 0.6 is 11.3 Å². The number of carbonyl (C=O) groups is 2. The summed E-state index contributed by atoms with van der Waals surface area (Å²) in [6.45, 7) is 4.55. The third-order valence-electron chi connectivity index (χ3n) is 3.08. The molecule has 0 saturated carbocycles. The van der Waals surface area contributed by atoms with Crippen molar-refractivity contribution >= 4 is 28.2 Å². The number of thiophene rings is 1. The molecule has 3 N–H and O–H groups in total. The molecule has 6 heteroatoms. The molecule has 0 bridgehead atoms. The summed E-state index contributed by atoms with van der Waals surface area (Å²) in [7, 11) is 0. The van der Waals surface area contributed by atoms with Crippen molar-refractivity contribution < 1.29 is 14.3 Å². The summed E-state index contributed by atoms with van der Waals surface area (Å²) >= 11 is 1.36. The lowest BCUT2D eigenvalue weighted by molar-refractivity contribution is -0.112. The Morgan fingerprint density at radius 2 is 2.21 bits per heavy atom. The van der Waals surface area contributed by atoms with Crippen molar-refractivity contribution in [3.05, 3.63) is 27.7 Å². The van der Waals surface area contributed by atoms with Crippen molar-refractivity contribution in [1.82, 2.24) is 0 Å². The van der Waals surface area contributed by atoms with E-state index in [1.54, 1.807) is 19.9 Å². The highest BCUT2D eigenvalue weighted by Crippen LogP contribution is 2.36. The van der Waals surface area contributed by atoms with Gasteiger partial charge in [-0.3, -0.25) is 9.59 Å². The van der Waals surface area contributed by atoms with Crippen LogP contribution in [-0.4, -0.2) is 18.4 Å². The van der Waals surface area contributed by atoms with Crippen molar-refractivity contribution in [1.29, 1.82) is 0 Å². The molecule has 1 aliphatic rings. The molecule has 0 aliphatic carbocycles. The Balaban J connectivity index is 2.37. The molecule has 5 nitrogen and oxygen atoms in total. The van der Waals surface area contributed by atoms with Gasteiger partial charge in [0.2, 0.25) is 0 Å². The lowest BCUT2D eigenvalue weighted by Crippen LogP contribution is -2.19. The van der Waals surface area contributed by atoms with E-state index >= 15 is 0 Å². The zero-order chi connectivity index (χ0) is 14.0. The molecule has 0 unspecified atom stereocenters. The van der Waals surface area contributed by atoms with E-state index in [1.807, 2.05) is 0 Å². The quantitative estimate of drug-likeness (QED) is 0.829. The number of rotatable bonds is 3. The standard InChI is InChI=1S/C13H16N2O3S/c1-3-7(2)12(17)15-13-10(11(14)16)8-4-5-18-6-9(8)19-13/h3H,4-6H2,1-2H3,(H2,14,16)(H,15,17)/b7-3+. The molecule has 102 valence electrons. The Bertz CT molecular complexity index is 560. The molecule has 0 spiro atoms. The van der Waals surface area contributed by atoms with E-state index in [2.05, 4.69) is 5.32 Å². The monoisotopic (exact) mass is 280 g/mol. The van der Waals surface area contributed by atoms with Gasteiger partial charge in [0.1, 0.15) is 5.00 Å². The first-order chi connectivity index (χ1) is 9.04. The number of allylic oxidation sites excluding steroid dienone is 1. The maximum Gasteiger partial charge on any atom is 0.251 e. The molecule has 19 heavy (non-hydrogen) atoms. The fourth-order valence-electron chi connectivity index (χ4n) is 1.91. The molecule has 1 aliphatic heterocycles. The van der Waals surface area contributed by atoms with Gasteiger partial charge in [0.05, 0.1) is 18.8 Å². The smallest absolute Gasteiger partial charge is 0.251 e. The molecular formula is C13H16N2O3S. The Hall–Kier alpha value is -1.66. The molecule has 0 radical (unpaired) electrons. The maximum atomic E-state index is 11.9. The summed E-state index contributed by atoms with van der Waals surface area (Å²) in [6.07, 6.45) is 2.37. The number of fused-ring (bicyclic) bond motifs is 1. The van der Waals surface area contributed by atoms with Crippen LogP contribution in [0.1, 0.15) is 34.6 Å². The first-order valence-electron chi connectivity index (χ1n) is 6.01. The van der Waals surface area contributed by atoms with Crippen LogP contribution in [0, 0.1) is 0 Å². The average Bonchev–Trinajstić information content (AvgIpc) is 2.75. The SMILES string of the molecule is C/C=C(\C)C(=O)Nc1sc2c(c1C(N)=O)CCOC2. The minimum absolute atomic E-state index is 0.218. The summed E-state index contributed by atoms with van der Waals surface area (Å²) in [6, 6.07) is 0. The second-order valence-electron chi connectivity index (χ2n) is 4.30. The van der Waals surface area contributed by atoms with Gasteiger partial charge < -0.3 is 15.8 Å². The molecule has 1 aromatic rings. The molecule has 2 rings (SSSR count). The Morgan fingerprint density at radius 3 is 2.84 bits per heavy atom. The molecular weight excluding hydrogens is 264 g/mol. The van der Waals surface area contributed by atoms with Gasteiger partial charge in [0.25, 0.3) is 11.8 Å². The highest BCUT2D eigenvalue weighted by atomic mass is 32.1. The van der Waals surface area contributed by atoms with Crippen molar-refractivity contribution in [3.63, 3.8) is 0 Å². The van der Waals surface area contributed by atoms with E-state index in [9.17, 15) is 9.59 Å². The highest BCUT2D eigenvalue weighted by molar-refractivity contribution is 7.17. The normalized spacial score (nSPS) is 14.9. The topological polar surface area (TPSA) is 81.4 Å². The lowest BCUT2D eigenvalue weighted by Gasteiger charge is -2.12. The van der Waals surface area contributed by atoms with Crippen molar-refractivity contribution in [2.45, 2.75) is 26.9 Å². The largest absolute Gasteiger partial charge is 0.376 e. The van der Waals surface area contributed by atoms with E-state index < -0.39 is 5.91 Å². The molecule has 1 aromatic heterocycles. The average molecular weight is 280 g/mol. The number of nitrogens with two attached hydrogens (primary N) is 1. The molecule has 2 amide bonds. The summed E-state index contributed by atoms with van der Waals surface area (Å²) in [5, 5.41) is 3.28. The molecule has 0 fully saturated rings. The zero-order valence-corrected chi connectivity index (χ0v) is 11.7. The number of nitrogens with one attached hydrogen (secondary N) is 1. The second-order valence-corrected chi connectivity index (χ2v) is 5.41. The fourth-order valence-corrected chi connectivity index (χ4v) is 3.10. The number of amides is 2. The summed E-state index contributed by atoms with van der Waals surface area (Å²) in [5.41, 5.74) is 7.37. The van der Waals surface area contributed by atoms with E-state index in [0.717, 1.165) is 10.4 Å². The Kier molecular flexibility index (Phi) is 4.01. The Labute approximate surface area is 115 Å². The summed E-state index contributed by atoms with van der Waals surface area (Å²) < 4.78 is 5.35. The molecule has 0 aromatic carbocycles. The van der Waals surface area contributed by atoms with Gasteiger partial charge in [-0.15, -0.1) is 11.3 Å². The number of hydrogen-bond acceptors (Lipinski definition) is 4. The van der Waals surface area contributed by atoms with Crippen LogP contribution in [0.2, 0.25) is 0 Å². The highest BCUT2D eigenvalue weighted by Gasteiger charge is 2.25. The van der Waals surface area contributed by atoms with Gasteiger partial charge in [-0.1, -0.05) is 6.08 Å². The van der Waals surface area contributed by atoms with Crippen LogP contribution < -0.4 is 11.1 Å². The Morgan fingerprint density at radius 1 is 1.47 bits per heavy atom. The fraction of sp³-hybridized carbons (Fsp3) is 0.385. The molecule has 2 heterocycles. The minimum Gasteiger partial charge on any atom is -0.376 e. The summed E-state index contributed by atoms with van der Waals surface area (Å²) in [5.74, 6) is -0.725. The number of primary amides is 1. The van der Waals surface area contributed by atoms with Crippen LogP contribution in [0.3, 0.4) is 0 Å². The van der Waals surface area contributed by atoms with Crippen molar-refractivity contribution in [3.8, 4) is 0 Å². The predicted molar refractivity (Wildman–Crippen MR) is 74.3 cm³/mol. The first kappa shape index (κ1) is 13.8. The second kappa shape index (κ2) is 5.54. The van der Waals surface area contributed by atoms with Gasteiger partial charge in [-0.05, 0) is 25.8 Å². The van der Waals surface area contributed by atoms with Crippen LogP contribution in [0.5, 0.6) is 0 Å². The number of anilines is 1. The zero-order valence-electron chi connectivity index (χ0n) is 10.9. The van der Waals surface area contributed by atoms with Crippen LogP contribution in [0.15, 0.2) is 11.6 Å². The van der Waals surface area contributed by atoms with E-state index in [1.165, 1.54) is 11.3 Å². The third-order valence-corrected chi connectivity index (χ3v) is 4.21. The van der Waals surface area contributed by atoms with Gasteiger partial charge in [-0.2, -0.15) is 0 Å². The van der Waals surface area contributed by atoms with Crippen molar-refractivity contribution in [2.24, 2.45) is 5.73 Å². The van der Waals surface area contributed by atoms with Crippen LogP contribution in [-0.2, 0) is 22.6 Å². The van der Waals surface area contributed by atoms with Crippen LogP contribution in [0.25, 0.3) is 0 Å². The number of ether oxygens (including phenoxy) is 1. The summed E-state index contributed by atoms with van der Waals surface area (Å²) in [4.78, 5) is 24.4. The van der Waals surface area contributed by atoms with Gasteiger partial charge in [-0.25, -0.2) is 0 Å². The van der Waals surface area contributed by atoms with Gasteiger partial charge >= 0.3 is 0 Å². The first-order valence-corrected chi connectivity index (χ1v) is 6.82. The molecule has 0 saturated heterocycles. The lowest BCUT2D eigenvalue weighted by atomic mass is 10.1. The maximum absolute atomic E-state index is 11.9. The number of hydrogen-bond donors (Lipinski definition) is 2. The minimum atomic E-state index is -0.507. The van der Waals surface area contributed by atoms with Gasteiger partial charge in [0.15, 0.2) is 0 Å². The van der Waals surface area contributed by atoms with E-state index in [-0.39, 0.29) is 5.91 Å². The third kappa shape index (κ3) is 2.69. The molecule has 0 atom stereocenters. The van der Waals surface area contributed by atoms with E-state index in [4.69, 9.17) is 10.5 Å². The predicted octanol–water partition coefficient (Wildman–Crippen LogP) is 1.82. The number of carbonyl (C=O) groups excluding carboxylic acids is 2.